The molecular weight excluding hydrogens is 208 g/mol. The van der Waals surface area contributed by atoms with E-state index in [0.29, 0.717) is 17.5 Å². The van der Waals surface area contributed by atoms with Gasteiger partial charge in [-0.15, -0.1) is 0 Å². The van der Waals surface area contributed by atoms with Crippen molar-refractivity contribution in [1.82, 2.24) is 10.2 Å². The van der Waals surface area contributed by atoms with Crippen molar-refractivity contribution < 1.29 is 0 Å². The van der Waals surface area contributed by atoms with E-state index in [1.807, 2.05) is 0 Å². The molecule has 0 aliphatic heterocycles. The highest BCUT2D eigenvalue weighted by Gasteiger charge is 2.23. The molecule has 0 saturated carbocycles. The molecule has 0 rings (SSSR count). The number of nitrogens with zero attached hydrogens (tertiary/aromatic N) is 1. The first kappa shape index (κ1) is 16.9. The van der Waals surface area contributed by atoms with Gasteiger partial charge in [-0.1, -0.05) is 41.5 Å². The molecule has 0 aromatic rings. The van der Waals surface area contributed by atoms with E-state index in [4.69, 9.17) is 0 Å². The average molecular weight is 242 g/mol. The molecule has 104 valence electrons. The normalized spacial score (nSPS) is 13.4. The second-order valence-corrected chi connectivity index (χ2v) is 7.12. The van der Waals surface area contributed by atoms with Gasteiger partial charge in [-0.2, -0.15) is 0 Å². The minimum absolute atomic E-state index is 0.337. The van der Waals surface area contributed by atoms with Crippen LogP contribution in [0.1, 0.15) is 55.4 Å². The second-order valence-electron chi connectivity index (χ2n) is 7.12. The van der Waals surface area contributed by atoms with Crippen molar-refractivity contribution >= 4 is 0 Å². The summed E-state index contributed by atoms with van der Waals surface area (Å²) in [7, 11) is 0. The molecule has 17 heavy (non-hydrogen) atoms. The van der Waals surface area contributed by atoms with Gasteiger partial charge in [-0.3, -0.25) is 0 Å². The first-order chi connectivity index (χ1) is 7.64. The summed E-state index contributed by atoms with van der Waals surface area (Å²) in [4.78, 5) is 2.60. The molecule has 2 heteroatoms. The molecule has 2 nitrogen and oxygen atoms in total. The lowest BCUT2D eigenvalue weighted by Crippen LogP contribution is -2.45. The van der Waals surface area contributed by atoms with Gasteiger partial charge < -0.3 is 10.2 Å². The zero-order valence-electron chi connectivity index (χ0n) is 13.3. The van der Waals surface area contributed by atoms with Crippen LogP contribution < -0.4 is 5.32 Å². The number of rotatable bonds is 8. The van der Waals surface area contributed by atoms with Crippen LogP contribution >= 0.6 is 0 Å². The second kappa shape index (κ2) is 7.38. The van der Waals surface area contributed by atoms with Crippen molar-refractivity contribution in [2.45, 2.75) is 67.5 Å². The molecule has 0 heterocycles. The summed E-state index contributed by atoms with van der Waals surface area (Å²) in [5.41, 5.74) is 0.337. The SMILES string of the molecule is CC(C)CN(CC(C)(C)CNC(C)C)C(C)C. The Labute approximate surface area is 109 Å². The van der Waals surface area contributed by atoms with Gasteiger partial charge in [0.15, 0.2) is 0 Å². The van der Waals surface area contributed by atoms with Gasteiger partial charge >= 0.3 is 0 Å². The van der Waals surface area contributed by atoms with E-state index in [9.17, 15) is 0 Å². The largest absolute Gasteiger partial charge is 0.314 e. The van der Waals surface area contributed by atoms with Gasteiger partial charge in [-0.05, 0) is 25.2 Å². The molecule has 0 aromatic carbocycles. The quantitative estimate of drug-likeness (QED) is 0.702. The van der Waals surface area contributed by atoms with Crippen LogP contribution in [0, 0.1) is 11.3 Å². The van der Waals surface area contributed by atoms with Crippen molar-refractivity contribution in [2.24, 2.45) is 11.3 Å². The summed E-state index contributed by atoms with van der Waals surface area (Å²) >= 11 is 0. The molecule has 0 spiro atoms. The molecule has 0 bridgehead atoms. The number of nitrogens with one attached hydrogen (secondary N) is 1. The van der Waals surface area contributed by atoms with Gasteiger partial charge in [-0.25, -0.2) is 0 Å². The fourth-order valence-electron chi connectivity index (χ4n) is 2.01. The van der Waals surface area contributed by atoms with Gasteiger partial charge in [0.1, 0.15) is 0 Å². The minimum atomic E-state index is 0.337. The zero-order valence-corrected chi connectivity index (χ0v) is 13.3. The maximum atomic E-state index is 3.56. The Morgan fingerprint density at radius 1 is 1.00 bits per heavy atom. The van der Waals surface area contributed by atoms with Gasteiger partial charge in [0.05, 0.1) is 0 Å². The van der Waals surface area contributed by atoms with Gasteiger partial charge in [0, 0.05) is 31.7 Å². The summed E-state index contributed by atoms with van der Waals surface area (Å²) in [6.45, 7) is 21.8. The van der Waals surface area contributed by atoms with Crippen LogP contribution in [0.4, 0.5) is 0 Å². The van der Waals surface area contributed by atoms with Crippen molar-refractivity contribution in [3.8, 4) is 0 Å². The lowest BCUT2D eigenvalue weighted by Gasteiger charge is -2.36. The van der Waals surface area contributed by atoms with Crippen LogP contribution in [0.5, 0.6) is 0 Å². The van der Waals surface area contributed by atoms with Crippen LogP contribution in [0.25, 0.3) is 0 Å². The Morgan fingerprint density at radius 3 is 1.88 bits per heavy atom. The fourth-order valence-corrected chi connectivity index (χ4v) is 2.01. The van der Waals surface area contributed by atoms with Crippen LogP contribution in [-0.2, 0) is 0 Å². The maximum Gasteiger partial charge on any atom is 0.00476 e. The highest BCUT2D eigenvalue weighted by Crippen LogP contribution is 2.18. The van der Waals surface area contributed by atoms with E-state index in [1.165, 1.54) is 13.1 Å². The van der Waals surface area contributed by atoms with Crippen LogP contribution in [0.15, 0.2) is 0 Å². The van der Waals surface area contributed by atoms with E-state index in [0.717, 1.165) is 12.5 Å². The molecule has 0 aromatic heterocycles. The summed E-state index contributed by atoms with van der Waals surface area (Å²) in [5, 5.41) is 3.56. The molecular formula is C15H34N2. The molecule has 0 saturated heterocycles. The monoisotopic (exact) mass is 242 g/mol. The van der Waals surface area contributed by atoms with E-state index in [2.05, 4.69) is 65.6 Å². The Bertz CT molecular complexity index is 195. The molecule has 0 unspecified atom stereocenters. The third kappa shape index (κ3) is 8.62. The predicted molar refractivity (Wildman–Crippen MR) is 78.5 cm³/mol. The third-order valence-corrected chi connectivity index (χ3v) is 2.95. The Kier molecular flexibility index (Phi) is 7.34. The summed E-state index contributed by atoms with van der Waals surface area (Å²) in [6, 6.07) is 1.21. The lowest BCUT2D eigenvalue weighted by atomic mass is 9.91. The topological polar surface area (TPSA) is 15.3 Å². The van der Waals surface area contributed by atoms with Crippen molar-refractivity contribution in [3.05, 3.63) is 0 Å². The van der Waals surface area contributed by atoms with Crippen LogP contribution in [0.2, 0.25) is 0 Å². The maximum absolute atomic E-state index is 3.56. The van der Waals surface area contributed by atoms with Crippen molar-refractivity contribution in [3.63, 3.8) is 0 Å². The molecule has 0 radical (unpaired) electrons. The Balaban J connectivity index is 4.30. The Hall–Kier alpha value is -0.0800. The number of hydrogen-bond donors (Lipinski definition) is 1. The Morgan fingerprint density at radius 2 is 1.53 bits per heavy atom. The van der Waals surface area contributed by atoms with E-state index in [1.54, 1.807) is 0 Å². The molecule has 0 aliphatic rings. The lowest BCUT2D eigenvalue weighted by molar-refractivity contribution is 0.127. The average Bonchev–Trinajstić information content (AvgIpc) is 2.12. The van der Waals surface area contributed by atoms with Gasteiger partial charge in [0.25, 0.3) is 0 Å². The van der Waals surface area contributed by atoms with Crippen molar-refractivity contribution in [1.29, 1.82) is 0 Å². The summed E-state index contributed by atoms with van der Waals surface area (Å²) < 4.78 is 0. The zero-order chi connectivity index (χ0) is 13.6. The number of hydrogen-bond acceptors (Lipinski definition) is 2. The summed E-state index contributed by atoms with van der Waals surface area (Å²) in [6.07, 6.45) is 0. The first-order valence-electron chi connectivity index (χ1n) is 7.11. The van der Waals surface area contributed by atoms with Gasteiger partial charge in [0.2, 0.25) is 0 Å². The molecule has 0 atom stereocenters. The van der Waals surface area contributed by atoms with Crippen LogP contribution in [0.3, 0.4) is 0 Å². The van der Waals surface area contributed by atoms with Crippen LogP contribution in [-0.4, -0.2) is 36.6 Å². The van der Waals surface area contributed by atoms with E-state index < -0.39 is 0 Å². The molecule has 0 fully saturated rings. The predicted octanol–water partition coefficient (Wildman–Crippen LogP) is 3.38. The highest BCUT2D eigenvalue weighted by atomic mass is 15.2. The smallest absolute Gasteiger partial charge is 0.00476 e. The van der Waals surface area contributed by atoms with Crippen molar-refractivity contribution in [2.75, 3.05) is 19.6 Å². The standard InChI is InChI=1S/C15H34N2/c1-12(2)9-17(14(5)6)11-15(7,8)10-16-13(3)4/h12-14,16H,9-11H2,1-8H3. The van der Waals surface area contributed by atoms with E-state index >= 15 is 0 Å². The molecule has 1 N–H and O–H groups in total. The fraction of sp³-hybridized carbons (Fsp3) is 1.00. The highest BCUT2D eigenvalue weighted by molar-refractivity contribution is 4.79. The molecule has 0 amide bonds. The minimum Gasteiger partial charge on any atom is -0.314 e. The third-order valence-electron chi connectivity index (χ3n) is 2.95. The molecule has 0 aliphatic carbocycles. The summed E-state index contributed by atoms with van der Waals surface area (Å²) in [5.74, 6) is 0.742. The van der Waals surface area contributed by atoms with E-state index in [-0.39, 0.29) is 0 Å². The first-order valence-corrected chi connectivity index (χ1v) is 7.11.